The van der Waals surface area contributed by atoms with Crippen LogP contribution in [0.3, 0.4) is 0 Å². The van der Waals surface area contributed by atoms with E-state index in [2.05, 4.69) is 17.3 Å². The number of hydrogen-bond acceptors (Lipinski definition) is 3. The van der Waals surface area contributed by atoms with E-state index in [0.29, 0.717) is 6.54 Å². The molecule has 4 heteroatoms. The molecule has 0 radical (unpaired) electrons. The summed E-state index contributed by atoms with van der Waals surface area (Å²) in [6.45, 7) is 7.48. The van der Waals surface area contributed by atoms with Crippen molar-refractivity contribution in [1.29, 1.82) is 0 Å². The van der Waals surface area contributed by atoms with Gasteiger partial charge in [-0.1, -0.05) is 13.8 Å². The number of nitrogens with zero attached hydrogens (tertiary/aromatic N) is 2. The van der Waals surface area contributed by atoms with Gasteiger partial charge in [0.15, 0.2) is 0 Å². The van der Waals surface area contributed by atoms with Crippen molar-refractivity contribution in [3.8, 4) is 0 Å². The lowest BCUT2D eigenvalue weighted by molar-refractivity contribution is 0.0323. The number of aliphatic hydroxyl groups is 1. The molecule has 4 nitrogen and oxygen atoms in total. The molecule has 0 atom stereocenters. The second-order valence-corrected chi connectivity index (χ2v) is 4.41. The van der Waals surface area contributed by atoms with Crippen LogP contribution in [0.5, 0.6) is 0 Å². The minimum Gasteiger partial charge on any atom is -0.389 e. The molecule has 0 aliphatic heterocycles. The normalized spacial score (nSPS) is 12.1. The molecular formula is C12H23N3O. The zero-order chi connectivity index (χ0) is 12.2. The van der Waals surface area contributed by atoms with Crippen molar-refractivity contribution in [3.05, 3.63) is 17.5 Å². The molecule has 1 rings (SSSR count). The van der Waals surface area contributed by atoms with Gasteiger partial charge in [0.25, 0.3) is 0 Å². The molecule has 0 aromatic carbocycles. The Morgan fingerprint density at radius 2 is 2.06 bits per heavy atom. The Hall–Kier alpha value is -0.870. The van der Waals surface area contributed by atoms with Gasteiger partial charge in [0.05, 0.1) is 11.8 Å². The van der Waals surface area contributed by atoms with E-state index in [1.165, 1.54) is 11.3 Å². The van der Waals surface area contributed by atoms with Crippen LogP contribution in [0.15, 0.2) is 6.20 Å². The number of aromatic nitrogens is 2. The minimum absolute atomic E-state index is 0.573. The molecule has 16 heavy (non-hydrogen) atoms. The number of rotatable bonds is 6. The van der Waals surface area contributed by atoms with E-state index >= 15 is 0 Å². The molecule has 92 valence electrons. The van der Waals surface area contributed by atoms with Crippen LogP contribution in [-0.2, 0) is 13.6 Å². The van der Waals surface area contributed by atoms with E-state index in [4.69, 9.17) is 0 Å². The summed E-state index contributed by atoms with van der Waals surface area (Å²) in [5.74, 6) is 0. The van der Waals surface area contributed by atoms with Gasteiger partial charge >= 0.3 is 0 Å². The van der Waals surface area contributed by atoms with Crippen molar-refractivity contribution in [2.45, 2.75) is 45.8 Å². The van der Waals surface area contributed by atoms with Gasteiger partial charge in [0.2, 0.25) is 0 Å². The molecule has 0 spiro atoms. The van der Waals surface area contributed by atoms with Crippen molar-refractivity contribution in [2.24, 2.45) is 7.05 Å². The lowest BCUT2D eigenvalue weighted by atomic mass is 9.97. The summed E-state index contributed by atoms with van der Waals surface area (Å²) < 4.78 is 1.86. The molecule has 0 fully saturated rings. The van der Waals surface area contributed by atoms with E-state index < -0.39 is 5.60 Å². The second-order valence-electron chi connectivity index (χ2n) is 4.41. The lowest BCUT2D eigenvalue weighted by Crippen LogP contribution is -2.39. The topological polar surface area (TPSA) is 50.1 Å². The van der Waals surface area contributed by atoms with Crippen molar-refractivity contribution < 1.29 is 5.11 Å². The molecule has 0 aliphatic rings. The first-order valence-corrected chi connectivity index (χ1v) is 5.93. The molecule has 1 aromatic heterocycles. The van der Waals surface area contributed by atoms with Gasteiger partial charge in [-0.25, -0.2) is 0 Å². The highest BCUT2D eigenvalue weighted by molar-refractivity contribution is 5.15. The van der Waals surface area contributed by atoms with Crippen molar-refractivity contribution in [2.75, 3.05) is 6.54 Å². The van der Waals surface area contributed by atoms with Gasteiger partial charge in [0.1, 0.15) is 0 Å². The Labute approximate surface area is 97.7 Å². The average molecular weight is 225 g/mol. The molecule has 1 aromatic rings. The SMILES string of the molecule is CCC(O)(CC)CNCc1cnn(C)c1C. The Kier molecular flexibility index (Phi) is 4.50. The fraction of sp³-hybridized carbons (Fsp3) is 0.750. The van der Waals surface area contributed by atoms with Gasteiger partial charge in [-0.15, -0.1) is 0 Å². The fourth-order valence-corrected chi connectivity index (χ4v) is 1.65. The van der Waals surface area contributed by atoms with Gasteiger partial charge < -0.3 is 10.4 Å². The monoisotopic (exact) mass is 225 g/mol. The standard InChI is InChI=1S/C12H23N3O/c1-5-12(16,6-2)9-13-7-11-8-14-15(4)10(11)3/h8,13,16H,5-7,9H2,1-4H3. The van der Waals surface area contributed by atoms with Gasteiger partial charge in [-0.05, 0) is 19.8 Å². The van der Waals surface area contributed by atoms with Gasteiger partial charge in [0, 0.05) is 31.4 Å². The predicted octanol–water partition coefficient (Wildman–Crippen LogP) is 1.37. The number of aryl methyl sites for hydroxylation is 1. The highest BCUT2D eigenvalue weighted by Gasteiger charge is 2.21. The van der Waals surface area contributed by atoms with Crippen molar-refractivity contribution in [1.82, 2.24) is 15.1 Å². The fourth-order valence-electron chi connectivity index (χ4n) is 1.65. The first-order chi connectivity index (χ1) is 7.52. The molecule has 2 N–H and O–H groups in total. The van der Waals surface area contributed by atoms with E-state index in [9.17, 15) is 5.11 Å². The van der Waals surface area contributed by atoms with Gasteiger partial charge in [-0.3, -0.25) is 4.68 Å². The van der Waals surface area contributed by atoms with E-state index in [1.807, 2.05) is 31.8 Å². The zero-order valence-electron chi connectivity index (χ0n) is 10.7. The summed E-state index contributed by atoms with van der Waals surface area (Å²) in [5.41, 5.74) is 1.79. The molecule has 1 heterocycles. The summed E-state index contributed by atoms with van der Waals surface area (Å²) in [6.07, 6.45) is 3.43. The maximum atomic E-state index is 10.1. The predicted molar refractivity (Wildman–Crippen MR) is 65.2 cm³/mol. The Morgan fingerprint density at radius 3 is 2.50 bits per heavy atom. The molecule has 0 saturated heterocycles. The van der Waals surface area contributed by atoms with E-state index in [0.717, 1.165) is 19.4 Å². The number of nitrogens with one attached hydrogen (secondary N) is 1. The van der Waals surface area contributed by atoms with E-state index in [1.54, 1.807) is 0 Å². The highest BCUT2D eigenvalue weighted by Crippen LogP contribution is 2.13. The Balaban J connectivity index is 2.44. The first-order valence-electron chi connectivity index (χ1n) is 5.93. The summed E-state index contributed by atoms with van der Waals surface area (Å²) in [6, 6.07) is 0. The minimum atomic E-state index is -0.573. The summed E-state index contributed by atoms with van der Waals surface area (Å²) >= 11 is 0. The van der Waals surface area contributed by atoms with Crippen LogP contribution in [0.4, 0.5) is 0 Å². The highest BCUT2D eigenvalue weighted by atomic mass is 16.3. The Bertz CT molecular complexity index is 329. The van der Waals surface area contributed by atoms with Crippen LogP contribution in [0.2, 0.25) is 0 Å². The van der Waals surface area contributed by atoms with Gasteiger partial charge in [-0.2, -0.15) is 5.10 Å². The van der Waals surface area contributed by atoms with Crippen LogP contribution in [0.1, 0.15) is 37.9 Å². The average Bonchev–Trinajstić information content (AvgIpc) is 2.60. The Morgan fingerprint density at radius 1 is 1.44 bits per heavy atom. The maximum Gasteiger partial charge on any atom is 0.0766 e. The second kappa shape index (κ2) is 5.46. The summed E-state index contributed by atoms with van der Waals surface area (Å²) in [4.78, 5) is 0. The summed E-state index contributed by atoms with van der Waals surface area (Å²) in [5, 5.41) is 17.6. The lowest BCUT2D eigenvalue weighted by Gasteiger charge is -2.25. The van der Waals surface area contributed by atoms with Crippen LogP contribution in [0.25, 0.3) is 0 Å². The molecule has 0 aliphatic carbocycles. The molecular weight excluding hydrogens is 202 g/mol. The third-order valence-electron chi connectivity index (χ3n) is 3.42. The molecule has 0 saturated carbocycles. The zero-order valence-corrected chi connectivity index (χ0v) is 10.7. The van der Waals surface area contributed by atoms with E-state index in [-0.39, 0.29) is 0 Å². The quantitative estimate of drug-likeness (QED) is 0.769. The third-order valence-corrected chi connectivity index (χ3v) is 3.42. The van der Waals surface area contributed by atoms with Crippen molar-refractivity contribution in [3.63, 3.8) is 0 Å². The van der Waals surface area contributed by atoms with Crippen LogP contribution < -0.4 is 5.32 Å². The molecule has 0 amide bonds. The van der Waals surface area contributed by atoms with Crippen molar-refractivity contribution >= 4 is 0 Å². The van der Waals surface area contributed by atoms with Crippen LogP contribution >= 0.6 is 0 Å². The number of hydrogen-bond donors (Lipinski definition) is 2. The molecule has 0 bridgehead atoms. The third kappa shape index (κ3) is 3.06. The van der Waals surface area contributed by atoms with Crippen LogP contribution in [-0.4, -0.2) is 27.0 Å². The maximum absolute atomic E-state index is 10.1. The first kappa shape index (κ1) is 13.2. The molecule has 0 unspecified atom stereocenters. The smallest absolute Gasteiger partial charge is 0.0766 e. The largest absolute Gasteiger partial charge is 0.389 e. The van der Waals surface area contributed by atoms with Crippen LogP contribution in [0, 0.1) is 6.92 Å². The summed E-state index contributed by atoms with van der Waals surface area (Å²) in [7, 11) is 1.94.